The molecule has 0 aliphatic rings. The summed E-state index contributed by atoms with van der Waals surface area (Å²) in [5.41, 5.74) is 3.21. The second-order valence-corrected chi connectivity index (χ2v) is 4.35. The fraction of sp³-hybridized carbons (Fsp3) is 0.500. The van der Waals surface area contributed by atoms with Crippen LogP contribution in [-0.2, 0) is 6.61 Å². The van der Waals surface area contributed by atoms with Crippen LogP contribution in [0.1, 0.15) is 25.0 Å². The van der Waals surface area contributed by atoms with Crippen LogP contribution < -0.4 is 4.90 Å². The Morgan fingerprint density at radius 1 is 1.47 bits per heavy atom. The summed E-state index contributed by atoms with van der Waals surface area (Å²) in [7, 11) is 0. The van der Waals surface area contributed by atoms with Gasteiger partial charge in [0.25, 0.3) is 0 Å². The number of aliphatic hydroxyl groups excluding tert-OH is 1. The highest BCUT2D eigenvalue weighted by Gasteiger charge is 2.11. The van der Waals surface area contributed by atoms with Crippen molar-refractivity contribution in [1.29, 1.82) is 5.26 Å². The number of aliphatic hydroxyl groups is 1. The van der Waals surface area contributed by atoms with Gasteiger partial charge in [-0.2, -0.15) is 5.26 Å². The second-order valence-electron chi connectivity index (χ2n) is 4.35. The van der Waals surface area contributed by atoms with Crippen LogP contribution in [0.4, 0.5) is 5.69 Å². The first-order valence-electron chi connectivity index (χ1n) is 5.97. The van der Waals surface area contributed by atoms with E-state index in [1.807, 2.05) is 32.0 Å². The highest BCUT2D eigenvalue weighted by molar-refractivity contribution is 5.54. The van der Waals surface area contributed by atoms with E-state index in [4.69, 9.17) is 10.4 Å². The van der Waals surface area contributed by atoms with Crippen molar-refractivity contribution in [1.82, 2.24) is 0 Å². The topological polar surface area (TPSA) is 47.3 Å². The molecule has 0 saturated heterocycles. The Kier molecular flexibility index (Phi) is 4.99. The first-order chi connectivity index (χ1) is 8.12. The maximum atomic E-state index is 9.08. The Morgan fingerprint density at radius 2 is 2.18 bits per heavy atom. The molecule has 1 atom stereocenters. The lowest BCUT2D eigenvalue weighted by Crippen LogP contribution is -2.28. The molecule has 0 aliphatic heterocycles. The SMILES string of the molecule is CCN(CC(C)C#N)c1ccc(CO)cc1C. The zero-order chi connectivity index (χ0) is 12.8. The molecule has 0 spiro atoms. The van der Waals surface area contributed by atoms with Gasteiger partial charge in [0.05, 0.1) is 18.6 Å². The number of nitriles is 1. The highest BCUT2D eigenvalue weighted by atomic mass is 16.3. The molecule has 0 radical (unpaired) electrons. The molecule has 17 heavy (non-hydrogen) atoms. The summed E-state index contributed by atoms with van der Waals surface area (Å²) in [6.07, 6.45) is 0. The Balaban J connectivity index is 2.93. The van der Waals surface area contributed by atoms with Crippen LogP contribution in [0.2, 0.25) is 0 Å². The fourth-order valence-electron chi connectivity index (χ4n) is 1.94. The van der Waals surface area contributed by atoms with E-state index in [2.05, 4.69) is 17.9 Å². The normalized spacial score (nSPS) is 11.9. The molecule has 0 fully saturated rings. The molecule has 1 unspecified atom stereocenters. The average molecular weight is 232 g/mol. The molecule has 0 aromatic heterocycles. The molecule has 0 aliphatic carbocycles. The van der Waals surface area contributed by atoms with Gasteiger partial charge in [0, 0.05) is 18.8 Å². The quantitative estimate of drug-likeness (QED) is 0.848. The first kappa shape index (κ1) is 13.5. The Morgan fingerprint density at radius 3 is 2.65 bits per heavy atom. The van der Waals surface area contributed by atoms with Crippen molar-refractivity contribution >= 4 is 5.69 Å². The van der Waals surface area contributed by atoms with Crippen LogP contribution in [0.15, 0.2) is 18.2 Å². The van der Waals surface area contributed by atoms with Crippen molar-refractivity contribution in [2.24, 2.45) is 5.92 Å². The molecular formula is C14H20N2O. The van der Waals surface area contributed by atoms with Crippen LogP contribution in [0.5, 0.6) is 0 Å². The standard InChI is InChI=1S/C14H20N2O/c1-4-16(9-11(2)8-15)14-6-5-13(10-17)7-12(14)3/h5-7,11,17H,4,9-10H2,1-3H3. The van der Waals surface area contributed by atoms with Crippen LogP contribution in [-0.4, -0.2) is 18.2 Å². The van der Waals surface area contributed by atoms with E-state index >= 15 is 0 Å². The van der Waals surface area contributed by atoms with Gasteiger partial charge in [-0.05, 0) is 38.0 Å². The molecular weight excluding hydrogens is 212 g/mol. The molecule has 0 saturated carbocycles. The number of aryl methyl sites for hydroxylation is 1. The van der Waals surface area contributed by atoms with E-state index in [1.165, 1.54) is 0 Å². The highest BCUT2D eigenvalue weighted by Crippen LogP contribution is 2.22. The van der Waals surface area contributed by atoms with Crippen LogP contribution in [0, 0.1) is 24.2 Å². The van der Waals surface area contributed by atoms with Gasteiger partial charge in [0.2, 0.25) is 0 Å². The molecule has 1 rings (SSSR count). The average Bonchev–Trinajstić information content (AvgIpc) is 2.35. The molecule has 1 aromatic rings. The number of hydrogen-bond acceptors (Lipinski definition) is 3. The molecule has 3 nitrogen and oxygen atoms in total. The molecule has 92 valence electrons. The summed E-state index contributed by atoms with van der Waals surface area (Å²) in [6, 6.07) is 8.21. The summed E-state index contributed by atoms with van der Waals surface area (Å²) in [5.74, 6) is 0.0202. The number of benzene rings is 1. The predicted molar refractivity (Wildman–Crippen MR) is 69.8 cm³/mol. The molecule has 1 aromatic carbocycles. The maximum absolute atomic E-state index is 9.08. The minimum atomic E-state index is 0.0202. The number of anilines is 1. The Bertz CT molecular complexity index is 409. The number of nitrogens with zero attached hydrogens (tertiary/aromatic N) is 2. The second kappa shape index (κ2) is 6.27. The van der Waals surface area contributed by atoms with Gasteiger partial charge in [-0.3, -0.25) is 0 Å². The third kappa shape index (κ3) is 3.47. The van der Waals surface area contributed by atoms with Gasteiger partial charge in [-0.25, -0.2) is 0 Å². The summed E-state index contributed by atoms with van der Waals surface area (Å²) >= 11 is 0. The summed E-state index contributed by atoms with van der Waals surface area (Å²) in [4.78, 5) is 2.20. The van der Waals surface area contributed by atoms with E-state index in [1.54, 1.807) is 0 Å². The lowest BCUT2D eigenvalue weighted by Gasteiger charge is -2.26. The van der Waals surface area contributed by atoms with Crippen molar-refractivity contribution in [2.75, 3.05) is 18.0 Å². The minimum absolute atomic E-state index is 0.0202. The van der Waals surface area contributed by atoms with Crippen LogP contribution in [0.3, 0.4) is 0 Å². The van der Waals surface area contributed by atoms with Gasteiger partial charge in [0.15, 0.2) is 0 Å². The van der Waals surface area contributed by atoms with Crippen LogP contribution in [0.25, 0.3) is 0 Å². The van der Waals surface area contributed by atoms with E-state index in [9.17, 15) is 0 Å². The maximum Gasteiger partial charge on any atom is 0.0681 e. The molecule has 1 N–H and O–H groups in total. The summed E-state index contributed by atoms with van der Waals surface area (Å²) in [6.45, 7) is 7.75. The fourth-order valence-corrected chi connectivity index (χ4v) is 1.94. The largest absolute Gasteiger partial charge is 0.392 e. The van der Waals surface area contributed by atoms with Gasteiger partial charge in [-0.15, -0.1) is 0 Å². The van der Waals surface area contributed by atoms with Gasteiger partial charge in [0.1, 0.15) is 0 Å². The third-order valence-electron chi connectivity index (χ3n) is 2.88. The molecule has 0 heterocycles. The summed E-state index contributed by atoms with van der Waals surface area (Å²) in [5, 5.41) is 17.9. The third-order valence-corrected chi connectivity index (χ3v) is 2.88. The van der Waals surface area contributed by atoms with E-state index in [0.717, 1.165) is 29.9 Å². The van der Waals surface area contributed by atoms with Crippen molar-refractivity contribution in [3.8, 4) is 6.07 Å². The van der Waals surface area contributed by atoms with Gasteiger partial charge < -0.3 is 10.0 Å². The van der Waals surface area contributed by atoms with E-state index in [0.29, 0.717) is 0 Å². The lowest BCUT2D eigenvalue weighted by molar-refractivity contribution is 0.282. The monoisotopic (exact) mass is 232 g/mol. The van der Waals surface area contributed by atoms with E-state index < -0.39 is 0 Å². The number of hydrogen-bond donors (Lipinski definition) is 1. The van der Waals surface area contributed by atoms with Crippen LogP contribution >= 0.6 is 0 Å². The van der Waals surface area contributed by atoms with E-state index in [-0.39, 0.29) is 12.5 Å². The van der Waals surface area contributed by atoms with Crippen molar-refractivity contribution in [3.05, 3.63) is 29.3 Å². The zero-order valence-electron chi connectivity index (χ0n) is 10.8. The van der Waals surface area contributed by atoms with Crippen molar-refractivity contribution < 1.29 is 5.11 Å². The zero-order valence-corrected chi connectivity index (χ0v) is 10.8. The van der Waals surface area contributed by atoms with Crippen molar-refractivity contribution in [3.63, 3.8) is 0 Å². The minimum Gasteiger partial charge on any atom is -0.392 e. The van der Waals surface area contributed by atoms with Gasteiger partial charge >= 0.3 is 0 Å². The predicted octanol–water partition coefficient (Wildman–Crippen LogP) is 2.47. The summed E-state index contributed by atoms with van der Waals surface area (Å²) < 4.78 is 0. The lowest BCUT2D eigenvalue weighted by atomic mass is 10.1. The van der Waals surface area contributed by atoms with Gasteiger partial charge in [-0.1, -0.05) is 12.1 Å². The number of rotatable bonds is 5. The smallest absolute Gasteiger partial charge is 0.0681 e. The Hall–Kier alpha value is -1.53. The molecule has 3 heteroatoms. The Labute approximate surface area is 103 Å². The first-order valence-corrected chi connectivity index (χ1v) is 5.97. The van der Waals surface area contributed by atoms with Crippen molar-refractivity contribution in [2.45, 2.75) is 27.4 Å². The molecule has 0 amide bonds. The molecule has 0 bridgehead atoms.